The average molecular weight is 322 g/mol. The number of aryl methyl sites for hydroxylation is 1. The van der Waals surface area contributed by atoms with Gasteiger partial charge in [0.05, 0.1) is 12.0 Å². The minimum absolute atomic E-state index is 0.332. The molecular formula is C15H20BrN3. The fraction of sp³-hybridized carbons (Fsp3) is 0.400. The molecule has 1 atom stereocenters. The van der Waals surface area contributed by atoms with Crippen LogP contribution in [0.25, 0.3) is 0 Å². The van der Waals surface area contributed by atoms with E-state index in [0.29, 0.717) is 6.04 Å². The Morgan fingerprint density at radius 3 is 2.74 bits per heavy atom. The lowest BCUT2D eigenvalue weighted by atomic mass is 10.1. The van der Waals surface area contributed by atoms with Crippen LogP contribution in [-0.2, 0) is 13.1 Å². The molecule has 0 unspecified atom stereocenters. The van der Waals surface area contributed by atoms with Crippen molar-refractivity contribution in [3.63, 3.8) is 0 Å². The molecule has 2 aromatic rings. The Labute approximate surface area is 123 Å². The Morgan fingerprint density at radius 1 is 1.32 bits per heavy atom. The van der Waals surface area contributed by atoms with Crippen molar-refractivity contribution in [1.29, 1.82) is 0 Å². The minimum Gasteiger partial charge on any atom is -0.333 e. The molecule has 19 heavy (non-hydrogen) atoms. The van der Waals surface area contributed by atoms with Crippen LogP contribution in [0, 0.1) is 0 Å². The van der Waals surface area contributed by atoms with Gasteiger partial charge in [-0.2, -0.15) is 0 Å². The van der Waals surface area contributed by atoms with E-state index in [1.807, 2.05) is 12.5 Å². The van der Waals surface area contributed by atoms with Crippen LogP contribution in [0.5, 0.6) is 0 Å². The summed E-state index contributed by atoms with van der Waals surface area (Å²) in [6.07, 6.45) is 4.98. The number of hydrogen-bond donors (Lipinski definition) is 1. The number of rotatable bonds is 6. The molecule has 0 aliphatic heterocycles. The van der Waals surface area contributed by atoms with Crippen molar-refractivity contribution >= 4 is 15.9 Å². The van der Waals surface area contributed by atoms with Crippen LogP contribution in [0.2, 0.25) is 0 Å². The van der Waals surface area contributed by atoms with Gasteiger partial charge in [-0.25, -0.2) is 4.98 Å². The van der Waals surface area contributed by atoms with Gasteiger partial charge in [0, 0.05) is 29.8 Å². The third kappa shape index (κ3) is 3.91. The lowest BCUT2D eigenvalue weighted by Gasteiger charge is -2.15. The number of nitrogens with zero attached hydrogens (tertiary/aromatic N) is 2. The standard InChI is InChI=1S/C15H20BrN3/c1-3-8-19-11-17-9-15(19)10-18-12(2)13-4-6-14(16)7-5-13/h4-7,9,11-12,18H,3,8,10H2,1-2H3/t12-/m1/s1. The van der Waals surface area contributed by atoms with Crippen LogP contribution in [0.15, 0.2) is 41.3 Å². The van der Waals surface area contributed by atoms with Gasteiger partial charge in [-0.3, -0.25) is 0 Å². The number of imidazole rings is 1. The van der Waals surface area contributed by atoms with Gasteiger partial charge in [-0.15, -0.1) is 0 Å². The largest absolute Gasteiger partial charge is 0.333 e. The van der Waals surface area contributed by atoms with Gasteiger partial charge >= 0.3 is 0 Å². The zero-order valence-corrected chi connectivity index (χ0v) is 13.0. The van der Waals surface area contributed by atoms with Crippen molar-refractivity contribution in [3.05, 3.63) is 52.5 Å². The summed E-state index contributed by atoms with van der Waals surface area (Å²) in [4.78, 5) is 4.22. The van der Waals surface area contributed by atoms with Gasteiger partial charge in [-0.05, 0) is 31.0 Å². The second-order valence-corrected chi connectivity index (χ2v) is 5.65. The summed E-state index contributed by atoms with van der Waals surface area (Å²) in [7, 11) is 0. The number of hydrogen-bond acceptors (Lipinski definition) is 2. The Balaban J connectivity index is 1.94. The summed E-state index contributed by atoms with van der Waals surface area (Å²) < 4.78 is 3.32. The van der Waals surface area contributed by atoms with Crippen molar-refractivity contribution in [2.45, 2.75) is 39.4 Å². The van der Waals surface area contributed by atoms with Gasteiger partial charge in [-0.1, -0.05) is 35.0 Å². The lowest BCUT2D eigenvalue weighted by molar-refractivity contribution is 0.541. The highest BCUT2D eigenvalue weighted by atomic mass is 79.9. The molecule has 102 valence electrons. The maximum Gasteiger partial charge on any atom is 0.0948 e. The average Bonchev–Trinajstić information content (AvgIpc) is 2.85. The normalized spacial score (nSPS) is 12.6. The topological polar surface area (TPSA) is 29.9 Å². The number of nitrogens with one attached hydrogen (secondary N) is 1. The van der Waals surface area contributed by atoms with E-state index in [2.05, 4.69) is 68.9 Å². The van der Waals surface area contributed by atoms with Gasteiger partial charge in [0.25, 0.3) is 0 Å². The molecule has 0 aliphatic rings. The minimum atomic E-state index is 0.332. The first-order valence-electron chi connectivity index (χ1n) is 6.68. The van der Waals surface area contributed by atoms with Gasteiger partial charge in [0.2, 0.25) is 0 Å². The van der Waals surface area contributed by atoms with Crippen LogP contribution >= 0.6 is 15.9 Å². The molecule has 0 fully saturated rings. The highest BCUT2D eigenvalue weighted by Crippen LogP contribution is 2.17. The van der Waals surface area contributed by atoms with Crippen molar-refractivity contribution in [2.75, 3.05) is 0 Å². The fourth-order valence-corrected chi connectivity index (χ4v) is 2.33. The maximum absolute atomic E-state index is 4.22. The third-order valence-electron chi connectivity index (χ3n) is 3.22. The smallest absolute Gasteiger partial charge is 0.0948 e. The summed E-state index contributed by atoms with van der Waals surface area (Å²) in [6.45, 7) is 6.24. The van der Waals surface area contributed by atoms with E-state index < -0.39 is 0 Å². The Morgan fingerprint density at radius 2 is 2.05 bits per heavy atom. The van der Waals surface area contributed by atoms with Crippen molar-refractivity contribution in [3.8, 4) is 0 Å². The summed E-state index contributed by atoms with van der Waals surface area (Å²) >= 11 is 3.46. The fourth-order valence-electron chi connectivity index (χ4n) is 2.06. The molecule has 4 heteroatoms. The van der Waals surface area contributed by atoms with E-state index in [1.54, 1.807) is 0 Å². The Hall–Kier alpha value is -1.13. The highest BCUT2D eigenvalue weighted by Gasteiger charge is 2.06. The first-order valence-corrected chi connectivity index (χ1v) is 7.48. The van der Waals surface area contributed by atoms with Crippen molar-refractivity contribution in [1.82, 2.24) is 14.9 Å². The van der Waals surface area contributed by atoms with Crippen molar-refractivity contribution in [2.24, 2.45) is 0 Å². The molecule has 1 aromatic carbocycles. The number of halogens is 1. The van der Waals surface area contributed by atoms with E-state index in [0.717, 1.165) is 24.0 Å². The molecule has 0 radical (unpaired) electrons. The first kappa shape index (κ1) is 14.3. The van der Waals surface area contributed by atoms with Gasteiger partial charge in [0.15, 0.2) is 0 Å². The SMILES string of the molecule is CCCn1cncc1CN[C@H](C)c1ccc(Br)cc1. The predicted octanol–water partition coefficient (Wildman–Crippen LogP) is 3.91. The van der Waals surface area contributed by atoms with Gasteiger partial charge < -0.3 is 9.88 Å². The predicted molar refractivity (Wildman–Crippen MR) is 81.9 cm³/mol. The summed E-state index contributed by atoms with van der Waals surface area (Å²) in [5.74, 6) is 0. The van der Waals surface area contributed by atoms with E-state index >= 15 is 0 Å². The Bertz CT molecular complexity index is 504. The van der Waals surface area contributed by atoms with E-state index in [-0.39, 0.29) is 0 Å². The lowest BCUT2D eigenvalue weighted by Crippen LogP contribution is -2.20. The Kier molecular flexibility index (Phi) is 5.16. The van der Waals surface area contributed by atoms with Crippen LogP contribution in [0.3, 0.4) is 0 Å². The molecule has 0 spiro atoms. The molecule has 0 aliphatic carbocycles. The zero-order valence-electron chi connectivity index (χ0n) is 11.4. The molecular weight excluding hydrogens is 302 g/mol. The number of benzene rings is 1. The molecule has 3 nitrogen and oxygen atoms in total. The van der Waals surface area contributed by atoms with Crippen molar-refractivity contribution < 1.29 is 0 Å². The molecule has 0 amide bonds. The summed E-state index contributed by atoms with van der Waals surface area (Å²) in [5.41, 5.74) is 2.54. The second-order valence-electron chi connectivity index (χ2n) is 4.73. The molecule has 1 N–H and O–H groups in total. The van der Waals surface area contributed by atoms with E-state index in [1.165, 1.54) is 11.3 Å². The monoisotopic (exact) mass is 321 g/mol. The molecule has 2 rings (SSSR count). The third-order valence-corrected chi connectivity index (χ3v) is 3.75. The number of aromatic nitrogens is 2. The van der Waals surface area contributed by atoms with E-state index in [9.17, 15) is 0 Å². The van der Waals surface area contributed by atoms with Crippen LogP contribution in [0.1, 0.15) is 37.6 Å². The van der Waals surface area contributed by atoms with Crippen LogP contribution < -0.4 is 5.32 Å². The molecule has 1 aromatic heterocycles. The van der Waals surface area contributed by atoms with Crippen LogP contribution in [0.4, 0.5) is 0 Å². The molecule has 0 saturated carbocycles. The highest BCUT2D eigenvalue weighted by molar-refractivity contribution is 9.10. The van der Waals surface area contributed by atoms with Crippen LogP contribution in [-0.4, -0.2) is 9.55 Å². The summed E-state index contributed by atoms with van der Waals surface area (Å²) in [5, 5.41) is 3.54. The second kappa shape index (κ2) is 6.87. The summed E-state index contributed by atoms with van der Waals surface area (Å²) in [6, 6.07) is 8.78. The molecule has 1 heterocycles. The maximum atomic E-state index is 4.22. The van der Waals surface area contributed by atoms with E-state index in [4.69, 9.17) is 0 Å². The molecule has 0 saturated heterocycles. The first-order chi connectivity index (χ1) is 9.20. The molecule has 0 bridgehead atoms. The van der Waals surface area contributed by atoms with Gasteiger partial charge in [0.1, 0.15) is 0 Å². The zero-order chi connectivity index (χ0) is 13.7. The quantitative estimate of drug-likeness (QED) is 0.874.